The number of hydrazone groups is 1. The molecule has 0 atom stereocenters. The van der Waals surface area contributed by atoms with Gasteiger partial charge in [-0.05, 0) is 37.6 Å². The molecule has 7 heteroatoms. The van der Waals surface area contributed by atoms with Gasteiger partial charge in [0, 0.05) is 10.0 Å². The van der Waals surface area contributed by atoms with Gasteiger partial charge in [-0.25, -0.2) is 5.43 Å². The van der Waals surface area contributed by atoms with E-state index in [4.69, 9.17) is 13.9 Å². The first kappa shape index (κ1) is 17.8. The number of rotatable bonds is 5. The molecule has 3 rings (SSSR count). The topological polar surface area (TPSA) is 73.1 Å². The minimum Gasteiger partial charge on any atom is -0.455 e. The summed E-state index contributed by atoms with van der Waals surface area (Å²) in [5, 5.41) is 3.92. The van der Waals surface area contributed by atoms with Crippen molar-refractivity contribution in [3.8, 4) is 11.3 Å². The average molecular weight is 407 g/mol. The standard InChI is InChI=1S/C18H19BrN2O4/c1-18(23-9-2-10-24-18)11-17(22)21-20-12-15-7-8-16(25-15)13-3-5-14(19)6-4-13/h3-8,12H,2,9-11H2,1H3,(H,21,22)/b20-12-. The lowest BCUT2D eigenvalue weighted by Gasteiger charge is -2.33. The Bertz CT molecular complexity index is 749. The molecular formula is C18H19BrN2O4. The summed E-state index contributed by atoms with van der Waals surface area (Å²) in [5.41, 5.74) is 3.43. The number of carbonyl (C=O) groups is 1. The predicted octanol–water partition coefficient (Wildman–Crippen LogP) is 3.70. The van der Waals surface area contributed by atoms with E-state index in [2.05, 4.69) is 26.5 Å². The Balaban J connectivity index is 1.54. The smallest absolute Gasteiger partial charge is 0.245 e. The first-order valence-electron chi connectivity index (χ1n) is 8.00. The highest BCUT2D eigenvalue weighted by Crippen LogP contribution is 2.24. The number of nitrogens with one attached hydrogen (secondary N) is 1. The van der Waals surface area contributed by atoms with Gasteiger partial charge in [-0.15, -0.1) is 0 Å². The molecule has 0 radical (unpaired) electrons. The molecule has 1 saturated heterocycles. The van der Waals surface area contributed by atoms with Crippen LogP contribution in [0.4, 0.5) is 0 Å². The Hall–Kier alpha value is -1.96. The highest BCUT2D eigenvalue weighted by atomic mass is 79.9. The average Bonchev–Trinajstić information content (AvgIpc) is 3.04. The number of halogens is 1. The summed E-state index contributed by atoms with van der Waals surface area (Å²) in [5.74, 6) is 0.129. The lowest BCUT2D eigenvalue weighted by atomic mass is 10.2. The van der Waals surface area contributed by atoms with Crippen LogP contribution in [-0.4, -0.2) is 31.1 Å². The second-order valence-electron chi connectivity index (χ2n) is 5.86. The van der Waals surface area contributed by atoms with Gasteiger partial charge in [0.2, 0.25) is 5.91 Å². The molecule has 0 aliphatic carbocycles. The zero-order valence-corrected chi connectivity index (χ0v) is 15.4. The predicted molar refractivity (Wildman–Crippen MR) is 97.1 cm³/mol. The molecule has 2 heterocycles. The second-order valence-corrected chi connectivity index (χ2v) is 6.78. The SMILES string of the molecule is CC1(CC(=O)N/N=C\c2ccc(-c3ccc(Br)cc3)o2)OCCCO1. The van der Waals surface area contributed by atoms with Crippen molar-refractivity contribution < 1.29 is 18.7 Å². The van der Waals surface area contributed by atoms with Crippen LogP contribution in [0.1, 0.15) is 25.5 Å². The molecule has 0 saturated carbocycles. The van der Waals surface area contributed by atoms with Gasteiger partial charge in [0.05, 0.1) is 25.8 Å². The van der Waals surface area contributed by atoms with Crippen molar-refractivity contribution in [3.63, 3.8) is 0 Å². The molecule has 1 fully saturated rings. The van der Waals surface area contributed by atoms with Crippen molar-refractivity contribution in [1.29, 1.82) is 0 Å². The minimum absolute atomic E-state index is 0.0899. The Kier molecular flexibility index (Phi) is 5.67. The van der Waals surface area contributed by atoms with E-state index in [0.29, 0.717) is 19.0 Å². The summed E-state index contributed by atoms with van der Waals surface area (Å²) in [7, 11) is 0. The molecule has 6 nitrogen and oxygen atoms in total. The zero-order valence-electron chi connectivity index (χ0n) is 13.8. The van der Waals surface area contributed by atoms with Gasteiger partial charge < -0.3 is 13.9 Å². The second kappa shape index (κ2) is 7.95. The van der Waals surface area contributed by atoms with Crippen LogP contribution in [0.5, 0.6) is 0 Å². The van der Waals surface area contributed by atoms with Crippen LogP contribution in [0.25, 0.3) is 11.3 Å². The molecule has 0 spiro atoms. The monoisotopic (exact) mass is 406 g/mol. The van der Waals surface area contributed by atoms with Gasteiger partial charge in [-0.3, -0.25) is 4.79 Å². The summed E-state index contributed by atoms with van der Waals surface area (Å²) in [4.78, 5) is 11.9. The number of furan rings is 1. The molecule has 0 unspecified atom stereocenters. The summed E-state index contributed by atoms with van der Waals surface area (Å²) < 4.78 is 17.7. The van der Waals surface area contributed by atoms with Crippen LogP contribution < -0.4 is 5.43 Å². The van der Waals surface area contributed by atoms with Gasteiger partial charge in [0.25, 0.3) is 0 Å². The van der Waals surface area contributed by atoms with Crippen LogP contribution in [0.2, 0.25) is 0 Å². The quantitative estimate of drug-likeness (QED) is 0.606. The third kappa shape index (κ3) is 5.01. The molecule has 1 amide bonds. The highest BCUT2D eigenvalue weighted by Gasteiger charge is 2.31. The molecule has 0 bridgehead atoms. The number of hydrogen-bond donors (Lipinski definition) is 1. The number of carbonyl (C=O) groups excluding carboxylic acids is 1. The van der Waals surface area contributed by atoms with E-state index >= 15 is 0 Å². The number of hydrogen-bond acceptors (Lipinski definition) is 5. The van der Waals surface area contributed by atoms with Crippen LogP contribution >= 0.6 is 15.9 Å². The molecule has 132 valence electrons. The summed E-state index contributed by atoms with van der Waals surface area (Å²) in [6.07, 6.45) is 2.40. The maximum atomic E-state index is 11.9. The molecule has 25 heavy (non-hydrogen) atoms. The van der Waals surface area contributed by atoms with Crippen molar-refractivity contribution in [1.82, 2.24) is 5.43 Å². The normalized spacial score (nSPS) is 16.9. The molecule has 2 aromatic rings. The molecule has 1 N–H and O–H groups in total. The highest BCUT2D eigenvalue weighted by molar-refractivity contribution is 9.10. The molecule has 1 aromatic heterocycles. The molecular weight excluding hydrogens is 388 g/mol. The van der Waals surface area contributed by atoms with Gasteiger partial charge >= 0.3 is 0 Å². The van der Waals surface area contributed by atoms with E-state index in [0.717, 1.165) is 22.2 Å². The molecule has 1 aliphatic rings. The van der Waals surface area contributed by atoms with Gasteiger partial charge in [-0.2, -0.15) is 5.10 Å². The maximum Gasteiger partial charge on any atom is 0.245 e. The third-order valence-corrected chi connectivity index (χ3v) is 4.25. The third-order valence-electron chi connectivity index (χ3n) is 3.72. The van der Waals surface area contributed by atoms with Crippen LogP contribution in [0.3, 0.4) is 0 Å². The Morgan fingerprint density at radius 2 is 1.96 bits per heavy atom. The fraction of sp³-hybridized carbons (Fsp3) is 0.333. The van der Waals surface area contributed by atoms with Crippen molar-refractivity contribution >= 4 is 28.1 Å². The summed E-state index contributed by atoms with van der Waals surface area (Å²) in [6.45, 7) is 2.95. The van der Waals surface area contributed by atoms with Crippen LogP contribution in [0, 0.1) is 0 Å². The fourth-order valence-corrected chi connectivity index (χ4v) is 2.73. The first-order chi connectivity index (χ1) is 12.0. The number of benzene rings is 1. The number of amides is 1. The van der Waals surface area contributed by atoms with Gasteiger partial charge in [-0.1, -0.05) is 28.1 Å². The maximum absolute atomic E-state index is 11.9. The lowest BCUT2D eigenvalue weighted by Crippen LogP contribution is -2.41. The summed E-state index contributed by atoms with van der Waals surface area (Å²) >= 11 is 3.40. The Morgan fingerprint density at radius 1 is 1.24 bits per heavy atom. The number of ether oxygens (including phenoxy) is 2. The van der Waals surface area contributed by atoms with Gasteiger partial charge in [0.15, 0.2) is 5.79 Å². The van der Waals surface area contributed by atoms with Crippen molar-refractivity contribution in [3.05, 3.63) is 46.6 Å². The van der Waals surface area contributed by atoms with E-state index in [-0.39, 0.29) is 12.3 Å². The number of nitrogens with zero attached hydrogens (tertiary/aromatic N) is 1. The fourth-order valence-electron chi connectivity index (χ4n) is 2.47. The van der Waals surface area contributed by atoms with E-state index < -0.39 is 5.79 Å². The van der Waals surface area contributed by atoms with Crippen molar-refractivity contribution in [2.24, 2.45) is 5.10 Å². The largest absolute Gasteiger partial charge is 0.455 e. The lowest BCUT2D eigenvalue weighted by molar-refractivity contribution is -0.256. The zero-order chi connectivity index (χ0) is 17.7. The van der Waals surface area contributed by atoms with Crippen LogP contribution in [0.15, 0.2) is 50.4 Å². The van der Waals surface area contributed by atoms with E-state index in [1.807, 2.05) is 30.3 Å². The van der Waals surface area contributed by atoms with E-state index in [9.17, 15) is 4.79 Å². The van der Waals surface area contributed by atoms with Crippen molar-refractivity contribution in [2.75, 3.05) is 13.2 Å². The first-order valence-corrected chi connectivity index (χ1v) is 8.79. The van der Waals surface area contributed by atoms with Crippen LogP contribution in [-0.2, 0) is 14.3 Å². The Morgan fingerprint density at radius 3 is 2.68 bits per heavy atom. The van der Waals surface area contributed by atoms with Crippen molar-refractivity contribution in [2.45, 2.75) is 25.6 Å². The van der Waals surface area contributed by atoms with Gasteiger partial charge in [0.1, 0.15) is 11.5 Å². The van der Waals surface area contributed by atoms with E-state index in [1.54, 1.807) is 13.0 Å². The van der Waals surface area contributed by atoms with E-state index in [1.165, 1.54) is 6.21 Å². The molecule has 1 aliphatic heterocycles. The Labute approximate surface area is 154 Å². The minimum atomic E-state index is -0.878. The summed E-state index contributed by atoms with van der Waals surface area (Å²) in [6, 6.07) is 11.5. The molecule has 1 aromatic carbocycles.